The van der Waals surface area contributed by atoms with E-state index in [0.717, 1.165) is 6.42 Å². The van der Waals surface area contributed by atoms with Crippen molar-refractivity contribution < 1.29 is 19.0 Å². The molecule has 0 spiro atoms. The SMILES string of the molecule is C[C@H]1C[C@@H](N(C)C)CN1c1nc(-c2c(O)cccc2F)c(Cl)c2c1C(=O)N1CCNC[C@@H]1CO2. The fourth-order valence-electron chi connectivity index (χ4n) is 5.15. The number of ether oxygens (including phenoxy) is 1. The Bertz CT molecular complexity index is 1110. The zero-order valence-electron chi connectivity index (χ0n) is 19.5. The second-order valence-electron chi connectivity index (χ2n) is 9.46. The lowest BCUT2D eigenvalue weighted by molar-refractivity contribution is 0.0606. The summed E-state index contributed by atoms with van der Waals surface area (Å²) in [5.41, 5.74) is 0.268. The molecule has 10 heteroatoms. The Morgan fingerprint density at radius 2 is 2.09 bits per heavy atom. The van der Waals surface area contributed by atoms with Crippen LogP contribution in [0.2, 0.25) is 5.02 Å². The van der Waals surface area contributed by atoms with Gasteiger partial charge in [-0.15, -0.1) is 0 Å². The van der Waals surface area contributed by atoms with Crippen molar-refractivity contribution in [1.82, 2.24) is 20.1 Å². The summed E-state index contributed by atoms with van der Waals surface area (Å²) in [6.45, 7) is 4.85. The Morgan fingerprint density at radius 1 is 1.29 bits per heavy atom. The first kappa shape index (κ1) is 23.1. The van der Waals surface area contributed by atoms with Crippen molar-refractivity contribution in [2.75, 3.05) is 51.8 Å². The number of carbonyl (C=O) groups is 1. The third kappa shape index (κ3) is 3.76. The molecular weight excluding hydrogens is 461 g/mol. The van der Waals surface area contributed by atoms with Crippen LogP contribution in [0.15, 0.2) is 18.2 Å². The number of benzene rings is 1. The van der Waals surface area contributed by atoms with E-state index >= 15 is 0 Å². The van der Waals surface area contributed by atoms with Crippen LogP contribution in [0.1, 0.15) is 23.7 Å². The van der Waals surface area contributed by atoms with Gasteiger partial charge in [-0.3, -0.25) is 4.79 Å². The second kappa shape index (κ2) is 8.87. The Kier molecular flexibility index (Phi) is 6.03. The molecule has 3 aliphatic rings. The zero-order valence-corrected chi connectivity index (χ0v) is 20.3. The molecule has 2 N–H and O–H groups in total. The zero-order chi connectivity index (χ0) is 24.1. The molecule has 1 amide bonds. The van der Waals surface area contributed by atoms with Crippen molar-refractivity contribution >= 4 is 23.3 Å². The molecule has 0 bridgehead atoms. The molecule has 0 unspecified atom stereocenters. The van der Waals surface area contributed by atoms with Gasteiger partial charge in [-0.05, 0) is 39.6 Å². The first-order valence-electron chi connectivity index (χ1n) is 11.6. The predicted molar refractivity (Wildman–Crippen MR) is 128 cm³/mol. The number of likely N-dealkylation sites (N-methyl/N-ethyl adjacent to an activating group) is 1. The summed E-state index contributed by atoms with van der Waals surface area (Å²) in [6, 6.07) is 4.26. The van der Waals surface area contributed by atoms with Crippen molar-refractivity contribution in [3.63, 3.8) is 0 Å². The molecule has 5 rings (SSSR count). The highest BCUT2D eigenvalue weighted by atomic mass is 35.5. The van der Waals surface area contributed by atoms with Gasteiger partial charge in [0.15, 0.2) is 5.75 Å². The number of phenols is 1. The molecule has 1 aromatic carbocycles. The summed E-state index contributed by atoms with van der Waals surface area (Å²) in [7, 11) is 4.05. The Hall–Kier alpha value is -2.62. The lowest BCUT2D eigenvalue weighted by Crippen LogP contribution is -2.55. The number of hydrogen-bond acceptors (Lipinski definition) is 7. The minimum atomic E-state index is -0.650. The molecule has 3 atom stereocenters. The maximum absolute atomic E-state index is 14.9. The number of aromatic nitrogens is 1. The number of pyridine rings is 1. The van der Waals surface area contributed by atoms with Crippen LogP contribution in [0.25, 0.3) is 11.3 Å². The minimum Gasteiger partial charge on any atom is -0.507 e. The highest BCUT2D eigenvalue weighted by molar-refractivity contribution is 6.35. The Morgan fingerprint density at radius 3 is 2.79 bits per heavy atom. The molecule has 1 aromatic heterocycles. The van der Waals surface area contributed by atoms with Crippen LogP contribution in [0.5, 0.6) is 11.5 Å². The molecule has 182 valence electrons. The molecule has 0 radical (unpaired) electrons. The first-order chi connectivity index (χ1) is 16.3. The van der Waals surface area contributed by atoms with E-state index in [2.05, 4.69) is 22.0 Å². The van der Waals surface area contributed by atoms with E-state index in [4.69, 9.17) is 21.3 Å². The van der Waals surface area contributed by atoms with E-state index in [9.17, 15) is 14.3 Å². The van der Waals surface area contributed by atoms with Crippen molar-refractivity contribution in [3.8, 4) is 22.8 Å². The summed E-state index contributed by atoms with van der Waals surface area (Å²) in [4.78, 5) is 24.7. The van der Waals surface area contributed by atoms with E-state index < -0.39 is 5.82 Å². The average Bonchev–Trinajstić information content (AvgIpc) is 3.13. The summed E-state index contributed by atoms with van der Waals surface area (Å²) >= 11 is 6.76. The van der Waals surface area contributed by atoms with Crippen LogP contribution in [0, 0.1) is 5.82 Å². The molecule has 0 saturated carbocycles. The van der Waals surface area contributed by atoms with Crippen molar-refractivity contribution in [1.29, 1.82) is 0 Å². The number of fused-ring (bicyclic) bond motifs is 2. The smallest absolute Gasteiger partial charge is 0.261 e. The number of carbonyl (C=O) groups excluding carboxylic acids is 1. The van der Waals surface area contributed by atoms with Crippen LogP contribution < -0.4 is 15.0 Å². The maximum Gasteiger partial charge on any atom is 0.261 e. The number of nitrogens with one attached hydrogen (secondary N) is 1. The van der Waals surface area contributed by atoms with Gasteiger partial charge < -0.3 is 29.9 Å². The normalized spacial score (nSPS) is 24.6. The molecule has 34 heavy (non-hydrogen) atoms. The van der Waals surface area contributed by atoms with Crippen LogP contribution in [0.3, 0.4) is 0 Å². The van der Waals surface area contributed by atoms with Gasteiger partial charge in [0, 0.05) is 38.3 Å². The van der Waals surface area contributed by atoms with Crippen LogP contribution in [-0.2, 0) is 0 Å². The minimum absolute atomic E-state index is 0.0244. The van der Waals surface area contributed by atoms with Gasteiger partial charge in [-0.25, -0.2) is 9.37 Å². The van der Waals surface area contributed by atoms with Gasteiger partial charge in [0.1, 0.15) is 40.3 Å². The number of halogens is 2. The van der Waals surface area contributed by atoms with Gasteiger partial charge in [-0.2, -0.15) is 0 Å². The second-order valence-corrected chi connectivity index (χ2v) is 9.84. The number of rotatable bonds is 3. The summed E-state index contributed by atoms with van der Waals surface area (Å²) < 4.78 is 21.1. The average molecular weight is 490 g/mol. The van der Waals surface area contributed by atoms with E-state index in [-0.39, 0.29) is 58.4 Å². The first-order valence-corrected chi connectivity index (χ1v) is 11.9. The Balaban J connectivity index is 1.73. The van der Waals surface area contributed by atoms with Crippen LogP contribution >= 0.6 is 11.6 Å². The molecule has 2 fully saturated rings. The Labute approximate surface area is 203 Å². The van der Waals surface area contributed by atoms with Gasteiger partial charge in [0.05, 0.1) is 11.6 Å². The number of aromatic hydroxyl groups is 1. The molecular formula is C24H29ClFN5O3. The van der Waals surface area contributed by atoms with E-state index in [1.54, 1.807) is 0 Å². The fraction of sp³-hybridized carbons (Fsp3) is 0.500. The van der Waals surface area contributed by atoms with E-state index in [1.165, 1.54) is 18.2 Å². The summed E-state index contributed by atoms with van der Waals surface area (Å²) in [6.07, 6.45) is 0.887. The lowest BCUT2D eigenvalue weighted by Gasteiger charge is -2.34. The van der Waals surface area contributed by atoms with Crippen molar-refractivity contribution in [2.24, 2.45) is 0 Å². The number of anilines is 1. The number of hydrogen-bond donors (Lipinski definition) is 2. The molecule has 0 aliphatic carbocycles. The summed E-state index contributed by atoms with van der Waals surface area (Å²) in [5, 5.41) is 13.8. The van der Waals surface area contributed by atoms with Gasteiger partial charge in [-0.1, -0.05) is 17.7 Å². The molecule has 4 heterocycles. The molecule has 3 aliphatic heterocycles. The summed E-state index contributed by atoms with van der Waals surface area (Å²) in [5.74, 6) is -0.500. The number of amides is 1. The standard InChI is InChI=1S/C24H29ClFN5O3/c1-13-9-14(29(2)3)11-31(13)23-19-22(34-12-15-10-27-7-8-30(15)24(19)33)20(25)21(28-23)18-16(26)5-4-6-17(18)32/h4-6,13-15,27,32H,7-12H2,1-3H3/t13-,14+,15+/m0/s1. The highest BCUT2D eigenvalue weighted by Crippen LogP contribution is 2.46. The molecule has 2 saturated heterocycles. The van der Waals surface area contributed by atoms with Gasteiger partial charge >= 0.3 is 0 Å². The largest absolute Gasteiger partial charge is 0.507 e. The molecule has 8 nitrogen and oxygen atoms in total. The van der Waals surface area contributed by atoms with Gasteiger partial charge in [0.25, 0.3) is 5.91 Å². The van der Waals surface area contributed by atoms with Crippen molar-refractivity contribution in [2.45, 2.75) is 31.5 Å². The topological polar surface area (TPSA) is 81.2 Å². The number of nitrogens with zero attached hydrogens (tertiary/aromatic N) is 4. The lowest BCUT2D eigenvalue weighted by atomic mass is 10.1. The monoisotopic (exact) mass is 489 g/mol. The third-order valence-electron chi connectivity index (χ3n) is 7.10. The highest BCUT2D eigenvalue weighted by Gasteiger charge is 2.41. The maximum atomic E-state index is 14.9. The van der Waals surface area contributed by atoms with Crippen LogP contribution in [-0.4, -0.2) is 90.8 Å². The number of piperazine rings is 1. The van der Waals surface area contributed by atoms with E-state index in [0.29, 0.717) is 37.6 Å². The van der Waals surface area contributed by atoms with Crippen molar-refractivity contribution in [3.05, 3.63) is 34.6 Å². The third-order valence-corrected chi connectivity index (χ3v) is 7.45. The predicted octanol–water partition coefficient (Wildman–Crippen LogP) is 2.58. The van der Waals surface area contributed by atoms with E-state index in [1.807, 2.05) is 19.0 Å². The van der Waals surface area contributed by atoms with Crippen LogP contribution in [0.4, 0.5) is 10.2 Å². The van der Waals surface area contributed by atoms with Gasteiger partial charge in [0.2, 0.25) is 0 Å². The number of phenolic OH excluding ortho intramolecular Hbond substituents is 1. The quantitative estimate of drug-likeness (QED) is 0.685. The molecule has 2 aromatic rings. The fourth-order valence-corrected chi connectivity index (χ4v) is 5.44.